The Morgan fingerprint density at radius 3 is 3.00 bits per heavy atom. The Balaban J connectivity index is 2.45. The van der Waals surface area contributed by atoms with E-state index in [0.29, 0.717) is 12.4 Å². The standard InChI is InChI=1S/C7H10N2O2/c1-5-3-9-7(11-5)4-8-6(2)10/h3H,4H2,1-2H3,(H,8,10). The van der Waals surface area contributed by atoms with E-state index >= 15 is 0 Å². The van der Waals surface area contributed by atoms with Crippen LogP contribution in [0.4, 0.5) is 0 Å². The van der Waals surface area contributed by atoms with Gasteiger partial charge in [0.25, 0.3) is 0 Å². The average Bonchev–Trinajstić information content (AvgIpc) is 2.31. The third kappa shape index (κ3) is 2.41. The van der Waals surface area contributed by atoms with Gasteiger partial charge in [0.1, 0.15) is 5.76 Å². The predicted octanol–water partition coefficient (Wildman–Crippen LogP) is 0.619. The van der Waals surface area contributed by atoms with Gasteiger partial charge in [0.2, 0.25) is 11.8 Å². The number of aryl methyl sites for hydroxylation is 1. The number of nitrogens with one attached hydrogen (secondary N) is 1. The molecule has 0 fully saturated rings. The van der Waals surface area contributed by atoms with Crippen LogP contribution >= 0.6 is 0 Å². The van der Waals surface area contributed by atoms with Crippen LogP contribution < -0.4 is 5.32 Å². The quantitative estimate of drug-likeness (QED) is 0.679. The van der Waals surface area contributed by atoms with Crippen molar-refractivity contribution in [3.63, 3.8) is 0 Å². The third-order valence-corrected chi connectivity index (χ3v) is 1.16. The SMILES string of the molecule is CC(=O)NCc1ncc(C)o1. The number of hydrogen-bond acceptors (Lipinski definition) is 3. The van der Waals surface area contributed by atoms with Crippen LogP contribution in [-0.4, -0.2) is 10.9 Å². The maximum Gasteiger partial charge on any atom is 0.217 e. The number of rotatable bonds is 2. The number of amides is 1. The van der Waals surface area contributed by atoms with Gasteiger partial charge in [-0.3, -0.25) is 4.79 Å². The lowest BCUT2D eigenvalue weighted by Crippen LogP contribution is -2.18. The summed E-state index contributed by atoms with van der Waals surface area (Å²) >= 11 is 0. The molecule has 0 spiro atoms. The highest BCUT2D eigenvalue weighted by Crippen LogP contribution is 1.99. The summed E-state index contributed by atoms with van der Waals surface area (Å²) in [6.07, 6.45) is 1.62. The van der Waals surface area contributed by atoms with Crippen molar-refractivity contribution < 1.29 is 9.21 Å². The molecular weight excluding hydrogens is 144 g/mol. The van der Waals surface area contributed by atoms with Gasteiger partial charge in [-0.15, -0.1) is 0 Å². The highest BCUT2D eigenvalue weighted by atomic mass is 16.4. The Morgan fingerprint density at radius 1 is 1.82 bits per heavy atom. The number of carbonyl (C=O) groups is 1. The Bertz CT molecular complexity index is 255. The second kappa shape index (κ2) is 3.18. The highest BCUT2D eigenvalue weighted by molar-refractivity contribution is 5.72. The highest BCUT2D eigenvalue weighted by Gasteiger charge is 1.99. The van der Waals surface area contributed by atoms with E-state index in [0.717, 1.165) is 5.76 Å². The molecule has 11 heavy (non-hydrogen) atoms. The van der Waals surface area contributed by atoms with E-state index < -0.39 is 0 Å². The number of hydrogen-bond donors (Lipinski definition) is 1. The summed E-state index contributed by atoms with van der Waals surface area (Å²) in [4.78, 5) is 14.3. The lowest BCUT2D eigenvalue weighted by atomic mass is 10.6. The molecule has 1 rings (SSSR count). The summed E-state index contributed by atoms with van der Waals surface area (Å²) in [5, 5.41) is 2.58. The van der Waals surface area contributed by atoms with Crippen LogP contribution in [0.2, 0.25) is 0 Å². The molecule has 1 amide bonds. The Morgan fingerprint density at radius 2 is 2.55 bits per heavy atom. The van der Waals surface area contributed by atoms with E-state index in [2.05, 4.69) is 10.3 Å². The molecule has 0 aliphatic heterocycles. The van der Waals surface area contributed by atoms with Gasteiger partial charge in [0, 0.05) is 6.92 Å². The molecule has 0 saturated carbocycles. The van der Waals surface area contributed by atoms with Crippen molar-refractivity contribution in [1.82, 2.24) is 10.3 Å². The topological polar surface area (TPSA) is 55.1 Å². The lowest BCUT2D eigenvalue weighted by molar-refractivity contribution is -0.119. The third-order valence-electron chi connectivity index (χ3n) is 1.16. The maximum atomic E-state index is 10.4. The van der Waals surface area contributed by atoms with Crippen molar-refractivity contribution in [1.29, 1.82) is 0 Å². The Labute approximate surface area is 64.6 Å². The van der Waals surface area contributed by atoms with Crippen LogP contribution in [0.3, 0.4) is 0 Å². The van der Waals surface area contributed by atoms with E-state index in [1.165, 1.54) is 6.92 Å². The van der Waals surface area contributed by atoms with Crippen LogP contribution in [0.25, 0.3) is 0 Å². The summed E-state index contributed by atoms with van der Waals surface area (Å²) in [6.45, 7) is 3.63. The van der Waals surface area contributed by atoms with E-state index in [1.54, 1.807) is 6.20 Å². The maximum absolute atomic E-state index is 10.4. The second-order valence-electron chi connectivity index (χ2n) is 2.27. The average molecular weight is 154 g/mol. The van der Waals surface area contributed by atoms with Crippen LogP contribution in [0.1, 0.15) is 18.6 Å². The molecule has 1 aromatic heterocycles. The van der Waals surface area contributed by atoms with Gasteiger partial charge < -0.3 is 9.73 Å². The molecule has 1 heterocycles. The molecule has 1 N–H and O–H groups in total. The monoisotopic (exact) mass is 154 g/mol. The fourth-order valence-corrected chi connectivity index (χ4v) is 0.683. The van der Waals surface area contributed by atoms with Crippen molar-refractivity contribution in [2.75, 3.05) is 0 Å². The molecule has 60 valence electrons. The molecule has 1 aromatic rings. The normalized spacial score (nSPS) is 9.64. The lowest BCUT2D eigenvalue weighted by Gasteiger charge is -1.94. The number of aromatic nitrogens is 1. The van der Waals surface area contributed by atoms with Gasteiger partial charge in [-0.2, -0.15) is 0 Å². The van der Waals surface area contributed by atoms with Gasteiger partial charge in [0.05, 0.1) is 12.7 Å². The predicted molar refractivity (Wildman–Crippen MR) is 38.8 cm³/mol. The summed E-state index contributed by atoms with van der Waals surface area (Å²) in [5.74, 6) is 1.21. The minimum atomic E-state index is -0.0825. The molecule has 0 aromatic carbocycles. The van der Waals surface area contributed by atoms with Gasteiger partial charge >= 0.3 is 0 Å². The van der Waals surface area contributed by atoms with Crippen molar-refractivity contribution in [3.8, 4) is 0 Å². The molecule has 0 aliphatic rings. The first-order chi connectivity index (χ1) is 5.18. The molecule has 0 saturated heterocycles. The minimum Gasteiger partial charge on any atom is -0.444 e. The van der Waals surface area contributed by atoms with Crippen LogP contribution in [0, 0.1) is 6.92 Å². The van der Waals surface area contributed by atoms with Crippen molar-refractivity contribution >= 4 is 5.91 Å². The number of carbonyl (C=O) groups excluding carboxylic acids is 1. The van der Waals surface area contributed by atoms with Gasteiger partial charge in [-0.05, 0) is 6.92 Å². The molecule has 0 radical (unpaired) electrons. The first-order valence-corrected chi connectivity index (χ1v) is 3.34. The fourth-order valence-electron chi connectivity index (χ4n) is 0.683. The molecular formula is C7H10N2O2. The van der Waals surface area contributed by atoms with E-state index in [9.17, 15) is 4.79 Å². The summed E-state index contributed by atoms with van der Waals surface area (Å²) in [7, 11) is 0. The zero-order chi connectivity index (χ0) is 8.27. The largest absolute Gasteiger partial charge is 0.444 e. The van der Waals surface area contributed by atoms with Crippen LogP contribution in [0.15, 0.2) is 10.6 Å². The minimum absolute atomic E-state index is 0.0825. The van der Waals surface area contributed by atoms with Gasteiger partial charge in [-0.25, -0.2) is 4.98 Å². The number of oxazole rings is 1. The van der Waals surface area contributed by atoms with Crippen molar-refractivity contribution in [3.05, 3.63) is 17.8 Å². The first kappa shape index (κ1) is 7.78. The molecule has 0 aliphatic carbocycles. The molecule has 0 unspecified atom stereocenters. The molecule has 4 heteroatoms. The molecule has 0 bridgehead atoms. The van der Waals surface area contributed by atoms with Crippen molar-refractivity contribution in [2.24, 2.45) is 0 Å². The van der Waals surface area contributed by atoms with Crippen LogP contribution in [0.5, 0.6) is 0 Å². The van der Waals surface area contributed by atoms with Gasteiger partial charge in [0.15, 0.2) is 0 Å². The summed E-state index contributed by atoms with van der Waals surface area (Å²) in [5.41, 5.74) is 0. The van der Waals surface area contributed by atoms with E-state index in [4.69, 9.17) is 4.42 Å². The Kier molecular flexibility index (Phi) is 2.25. The fraction of sp³-hybridized carbons (Fsp3) is 0.429. The first-order valence-electron chi connectivity index (χ1n) is 3.34. The Hall–Kier alpha value is -1.32. The van der Waals surface area contributed by atoms with Crippen LogP contribution in [-0.2, 0) is 11.3 Å². The van der Waals surface area contributed by atoms with Crippen molar-refractivity contribution in [2.45, 2.75) is 20.4 Å². The zero-order valence-electron chi connectivity index (χ0n) is 6.55. The molecule has 4 nitrogen and oxygen atoms in total. The summed E-state index contributed by atoms with van der Waals surface area (Å²) < 4.78 is 5.11. The van der Waals surface area contributed by atoms with E-state index in [-0.39, 0.29) is 5.91 Å². The number of nitrogens with zero attached hydrogens (tertiary/aromatic N) is 1. The second-order valence-corrected chi connectivity index (χ2v) is 2.27. The zero-order valence-corrected chi connectivity index (χ0v) is 6.55. The van der Waals surface area contributed by atoms with E-state index in [1.807, 2.05) is 6.92 Å². The van der Waals surface area contributed by atoms with Gasteiger partial charge in [-0.1, -0.05) is 0 Å². The smallest absolute Gasteiger partial charge is 0.217 e. The molecule has 0 atom stereocenters. The summed E-state index contributed by atoms with van der Waals surface area (Å²) in [6, 6.07) is 0.